The van der Waals surface area contributed by atoms with Crippen LogP contribution in [-0.2, 0) is 127 Å². The van der Waals surface area contributed by atoms with Crippen molar-refractivity contribution in [3.63, 3.8) is 0 Å². The second-order valence-corrected chi connectivity index (χ2v) is 37.3. The van der Waals surface area contributed by atoms with Crippen molar-refractivity contribution >= 4 is 93.4 Å². The van der Waals surface area contributed by atoms with Gasteiger partial charge in [0, 0.05) is 134 Å². The molecule has 135 heavy (non-hydrogen) atoms. The number of aryl methyl sites for hydroxylation is 1. The van der Waals surface area contributed by atoms with Crippen LogP contribution < -0.4 is 52.6 Å². The highest BCUT2D eigenvalue weighted by molar-refractivity contribution is 6.00. The summed E-state index contributed by atoms with van der Waals surface area (Å²) in [6.45, 7) is 8.67. The molecule has 4 aromatic carbocycles. The Bertz CT molecular complexity index is 4820. The molecule has 10 atom stereocenters. The maximum Gasteiger partial charge on any atom is 0.246 e. The number of fused-ring (bicyclic) bond motifs is 16. The van der Waals surface area contributed by atoms with Gasteiger partial charge in [0.2, 0.25) is 70.9 Å². The first-order chi connectivity index (χ1) is 64.4. The largest absolute Gasteiger partial charge is 0.497 e. The number of aromatic nitrogens is 1. The van der Waals surface area contributed by atoms with E-state index in [1.807, 2.05) is 28.8 Å². The molecule has 2 saturated heterocycles. The SMILES string of the molecule is CCCCCCC(=O)NCCCCCCCC(=O)CCC[N+](C)(C)CCOCCOCC(=O)CC[C@H]1NC(=O)[C@H](C)NC(=O)CCC(=O)N2CCCCCCn3cc(c4cc(F)ccc43)C[C@@H]3NC(=O)[C@H](Cc4cccc(c4)CNC(=O)CO[C@H]4CCN(C3=O)[C@@H]4C(=O)N[C@@H]([C@@H](C)O)C(=O)N[C@@H](Cc3ccc(OC)cc3)C(=O)N3CCC[C@@]3(C)C(=O)NCCc3ccc(cc3)C2)NC1=O.[CH3-]. The van der Waals surface area contributed by atoms with E-state index in [2.05, 4.69) is 68.9 Å². The van der Waals surface area contributed by atoms with Gasteiger partial charge in [-0.15, -0.1) is 0 Å². The smallest absolute Gasteiger partial charge is 0.246 e. The van der Waals surface area contributed by atoms with Crippen molar-refractivity contribution < 1.29 is 100 Å². The van der Waals surface area contributed by atoms with E-state index in [0.29, 0.717) is 127 Å². The summed E-state index contributed by atoms with van der Waals surface area (Å²) in [4.78, 5) is 209. The lowest BCUT2D eigenvalue weighted by atomic mass is 9.95. The quantitative estimate of drug-likeness (QED) is 0.0119. The van der Waals surface area contributed by atoms with Crippen LogP contribution in [0.4, 0.5) is 4.39 Å². The molecule has 6 aliphatic heterocycles. The Hall–Kier alpha value is -11.1. The van der Waals surface area contributed by atoms with Crippen LogP contribution in [0.3, 0.4) is 0 Å². The van der Waals surface area contributed by atoms with E-state index in [-0.39, 0.29) is 129 Å². The lowest BCUT2D eigenvalue weighted by Gasteiger charge is -2.37. The molecule has 0 saturated carbocycles. The van der Waals surface area contributed by atoms with Gasteiger partial charge in [-0.25, -0.2) is 4.39 Å². The Morgan fingerprint density at radius 2 is 1.33 bits per heavy atom. The average Bonchev–Trinajstić information content (AvgIpc) is 1.63. The minimum absolute atomic E-state index is 0. The fraction of sp³-hybridized carbons (Fsp3) is 0.594. The molecule has 33 nitrogen and oxygen atoms in total. The number of ketones is 2. The van der Waals surface area contributed by atoms with Gasteiger partial charge in [-0.2, -0.15) is 0 Å². The Morgan fingerprint density at radius 3 is 2.10 bits per heavy atom. The van der Waals surface area contributed by atoms with Crippen LogP contribution in [0.5, 0.6) is 5.75 Å². The second kappa shape index (κ2) is 54.0. The zero-order chi connectivity index (χ0) is 96.3. The van der Waals surface area contributed by atoms with Crippen molar-refractivity contribution in [1.82, 2.24) is 67.1 Å². The number of nitrogens with one attached hydrogen (secondary N) is 9. The molecule has 1 aromatic heterocycles. The molecule has 0 radical (unpaired) electrons. The van der Waals surface area contributed by atoms with Gasteiger partial charge >= 0.3 is 0 Å². The summed E-state index contributed by atoms with van der Waals surface area (Å²) in [5, 5.41) is 37.6. The average molecular weight is 1880 g/mol. The molecule has 0 spiro atoms. The Labute approximate surface area is 793 Å². The molecule has 12 amide bonds. The molecule has 0 unspecified atom stereocenters. The van der Waals surface area contributed by atoms with Crippen LogP contribution >= 0.6 is 0 Å². The number of benzene rings is 4. The number of aliphatic hydroxyl groups is 1. The number of methoxy groups -OCH3 is 1. The van der Waals surface area contributed by atoms with E-state index in [9.17, 15) is 43.5 Å². The van der Waals surface area contributed by atoms with Crippen LogP contribution in [0.1, 0.15) is 215 Å². The number of rotatable bonds is 32. The molecule has 5 aromatic rings. The number of hydrogen-bond donors (Lipinski definition) is 10. The van der Waals surface area contributed by atoms with Crippen molar-refractivity contribution in [2.45, 2.75) is 287 Å². The zero-order valence-corrected chi connectivity index (χ0v) is 80.2. The monoisotopic (exact) mass is 1880 g/mol. The summed E-state index contributed by atoms with van der Waals surface area (Å²) in [5.74, 6) is -8.87. The summed E-state index contributed by atoms with van der Waals surface area (Å²) >= 11 is 0. The number of quaternary nitrogens is 1. The Balaban J connectivity index is 0.0000204. The van der Waals surface area contributed by atoms with Gasteiger partial charge in [-0.1, -0.05) is 119 Å². The number of carbonyl (C=O) groups is 14. The Morgan fingerprint density at radius 1 is 0.630 bits per heavy atom. The highest BCUT2D eigenvalue weighted by Gasteiger charge is 2.50. The van der Waals surface area contributed by atoms with Crippen LogP contribution in [-0.4, -0.2) is 271 Å². The standard InChI is InChI=1S/C100H141FN14O19.CH3/c1-8-9-10-17-28-86(119)102-46-18-13-11-12-16-26-76(117)27-22-52-115(5,6)53-54-132-55-56-133-65-77(118)36-39-80-93(124)107-81-59-72-24-21-25-73(57-72)62-104-88(121)66-134-85-44-51-113-91(85)96(127)110-90(68(3)116)95(126)109-82(58-70-33-37-78(131-7)38-34-70)98(129)114-50-23-45-100(114,4)99(130)103-47-43-69-29-31-71(32-30-69)63-112(89(122)42-41-87(120)105-67(2)92(123)106-80)49-20-15-14-19-48-111-64-74(60-83(97(113)128)108-94(81)125)79-61-75(101)35-40-84(79)111;/h21,24-25,29-35,37-38,40,57,61,64,67-68,80-83,85,90-91,116H,8-20,22-23,26-28,36,39,41-56,58-60,62-63,65-66H2,1-7H3,(H8-,102,103,104,105,106,107,108,109,110,119,120,121,123,124,125,126,127,130);1H3/q;-1/p+1/t67-,68+,80+,81-,82-,83-,85-,90-,91-,100-;/m0./s1. The molecule has 7 heterocycles. The number of likely N-dealkylation sites (N-methyl/N-ethyl adjacent to an activating group) is 1. The van der Waals surface area contributed by atoms with Crippen molar-refractivity contribution in [3.05, 3.63) is 144 Å². The van der Waals surface area contributed by atoms with E-state index < -0.39 is 150 Å². The predicted octanol–water partition coefficient (Wildman–Crippen LogP) is 6.86. The maximum absolute atomic E-state index is 16.4. The van der Waals surface area contributed by atoms with Crippen molar-refractivity contribution in [2.75, 3.05) is 100 Å². The summed E-state index contributed by atoms with van der Waals surface area (Å²) in [6, 6.07) is 13.8. The highest BCUT2D eigenvalue weighted by atomic mass is 19.1. The van der Waals surface area contributed by atoms with Gasteiger partial charge in [0.05, 0.1) is 59.8 Å². The summed E-state index contributed by atoms with van der Waals surface area (Å²) in [6.07, 6.45) is 11.2. The number of carbonyl (C=O) groups excluding carboxylic acids is 14. The number of nitrogens with zero attached hydrogens (tertiary/aromatic N) is 5. The number of halogens is 1. The first-order valence-corrected chi connectivity index (χ1v) is 48.3. The van der Waals surface area contributed by atoms with Gasteiger partial charge in [-0.05, 0) is 149 Å². The maximum atomic E-state index is 16.4. The minimum atomic E-state index is -1.87. The fourth-order valence-corrected chi connectivity index (χ4v) is 18.1. The molecule has 740 valence electrons. The molecule has 11 rings (SSSR count). The van der Waals surface area contributed by atoms with Crippen LogP contribution in [0.25, 0.3) is 10.9 Å². The van der Waals surface area contributed by atoms with Gasteiger partial charge in [-0.3, -0.25) is 67.1 Å². The van der Waals surface area contributed by atoms with Crippen LogP contribution in [0.15, 0.2) is 97.2 Å². The summed E-state index contributed by atoms with van der Waals surface area (Å²) in [5.41, 5.74) is 2.65. The van der Waals surface area contributed by atoms with Crippen molar-refractivity contribution in [1.29, 1.82) is 0 Å². The molecule has 34 heteroatoms. The van der Waals surface area contributed by atoms with Gasteiger partial charge in [0.1, 0.15) is 84.9 Å². The van der Waals surface area contributed by atoms with Crippen molar-refractivity contribution in [2.24, 2.45) is 0 Å². The van der Waals surface area contributed by atoms with Gasteiger partial charge < -0.3 is 103 Å². The van der Waals surface area contributed by atoms with E-state index >= 15 is 33.2 Å². The van der Waals surface area contributed by atoms with E-state index in [1.165, 1.54) is 38.0 Å². The molecule has 2 fully saturated rings. The highest BCUT2D eigenvalue weighted by Crippen LogP contribution is 2.33. The lowest BCUT2D eigenvalue weighted by molar-refractivity contribution is -0.890. The molecule has 6 aliphatic rings. The van der Waals surface area contributed by atoms with Crippen LogP contribution in [0, 0.1) is 13.2 Å². The minimum Gasteiger partial charge on any atom is -0.497 e. The Kier molecular flexibility index (Phi) is 43.1. The molecular formula is C101H145FN14O19. The predicted molar refractivity (Wildman–Crippen MR) is 507 cm³/mol. The zero-order valence-electron chi connectivity index (χ0n) is 80.2. The van der Waals surface area contributed by atoms with Crippen molar-refractivity contribution in [3.8, 4) is 5.75 Å². The number of amides is 12. The summed E-state index contributed by atoms with van der Waals surface area (Å²) < 4.78 is 41.9. The summed E-state index contributed by atoms with van der Waals surface area (Å²) in [7, 11) is 5.62. The van der Waals surface area contributed by atoms with E-state index in [1.54, 1.807) is 72.6 Å². The fourth-order valence-electron chi connectivity index (χ4n) is 18.1. The third-order valence-electron chi connectivity index (χ3n) is 26.1. The number of Topliss-reactive ketones (excluding diaryl/α,β-unsaturated/α-hetero) is 2. The first kappa shape index (κ1) is 108. The topological polar surface area (TPSA) is 419 Å². The number of ether oxygens (including phenoxy) is 4. The first-order valence-electron chi connectivity index (χ1n) is 48.3. The lowest BCUT2D eigenvalue weighted by Crippen LogP contribution is -2.64. The number of hydrogen-bond acceptors (Lipinski definition) is 19. The van der Waals surface area contributed by atoms with Gasteiger partial charge in [0.15, 0.2) is 5.78 Å². The van der Waals surface area contributed by atoms with E-state index in [0.717, 1.165) is 86.8 Å². The van der Waals surface area contributed by atoms with E-state index in [4.69, 9.17) is 18.9 Å². The second-order valence-electron chi connectivity index (χ2n) is 37.3. The third-order valence-corrected chi connectivity index (χ3v) is 26.1. The molecule has 12 bridgehead atoms. The normalized spacial score (nSPS) is 22.6. The number of unbranched alkanes of at least 4 members (excludes halogenated alkanes) is 7. The molecular weight excluding hydrogens is 1730 g/mol. The van der Waals surface area contributed by atoms with Crippen LogP contribution in [0.2, 0.25) is 0 Å². The molecule has 10 N–H and O–H groups in total. The number of aliphatic hydroxyl groups excluding tert-OH is 1. The molecule has 0 aliphatic carbocycles. The van der Waals surface area contributed by atoms with Gasteiger partial charge in [0.25, 0.3) is 0 Å². The third kappa shape index (κ3) is 33.4.